The Hall–Kier alpha value is -1.66. The second kappa shape index (κ2) is 8.84. The van der Waals surface area contributed by atoms with Gasteiger partial charge in [0.1, 0.15) is 5.82 Å². The number of carbonyl (C=O) groups excluding carboxylic acids is 1. The summed E-state index contributed by atoms with van der Waals surface area (Å²) < 4.78 is 13.7. The lowest BCUT2D eigenvalue weighted by Gasteiger charge is -2.34. The van der Waals surface area contributed by atoms with Crippen molar-refractivity contribution < 1.29 is 9.18 Å². The topological polar surface area (TPSA) is 38.8 Å². The highest BCUT2D eigenvalue weighted by Crippen LogP contribution is 2.12. The maximum Gasteiger partial charge on any atom is 0.317 e. The van der Waals surface area contributed by atoms with E-state index in [2.05, 4.69) is 15.1 Å². The minimum atomic E-state index is -0.159. The van der Waals surface area contributed by atoms with Crippen LogP contribution in [0.1, 0.15) is 12.0 Å². The predicted molar refractivity (Wildman–Crippen MR) is 89.8 cm³/mol. The molecule has 5 nitrogen and oxygen atoms in total. The van der Waals surface area contributed by atoms with Gasteiger partial charge in [0, 0.05) is 44.8 Å². The van der Waals surface area contributed by atoms with Crippen LogP contribution in [0.4, 0.5) is 9.18 Å². The van der Waals surface area contributed by atoms with Crippen molar-refractivity contribution in [2.45, 2.75) is 13.0 Å². The van der Waals surface area contributed by atoms with E-state index >= 15 is 0 Å². The lowest BCUT2D eigenvalue weighted by atomic mass is 10.2. The number of benzene rings is 1. The first kappa shape index (κ1) is 17.7. The van der Waals surface area contributed by atoms with Crippen molar-refractivity contribution >= 4 is 6.03 Å². The number of amides is 2. The Morgan fingerprint density at radius 2 is 1.91 bits per heavy atom. The van der Waals surface area contributed by atoms with Crippen LogP contribution >= 0.6 is 0 Å². The van der Waals surface area contributed by atoms with E-state index in [-0.39, 0.29) is 11.8 Å². The van der Waals surface area contributed by atoms with Gasteiger partial charge in [-0.15, -0.1) is 0 Å². The molecule has 0 bridgehead atoms. The lowest BCUT2D eigenvalue weighted by Crippen LogP contribution is -2.51. The predicted octanol–water partition coefficient (Wildman–Crippen LogP) is 1.60. The minimum Gasteiger partial charge on any atom is -0.338 e. The van der Waals surface area contributed by atoms with Gasteiger partial charge >= 0.3 is 6.03 Å². The first-order valence-electron chi connectivity index (χ1n) is 8.19. The number of hydrogen-bond acceptors (Lipinski definition) is 3. The van der Waals surface area contributed by atoms with Gasteiger partial charge in [0.2, 0.25) is 0 Å². The molecule has 0 unspecified atom stereocenters. The number of urea groups is 1. The van der Waals surface area contributed by atoms with Crippen molar-refractivity contribution in [1.82, 2.24) is 20.0 Å². The smallest absolute Gasteiger partial charge is 0.317 e. The van der Waals surface area contributed by atoms with Crippen molar-refractivity contribution in [3.8, 4) is 0 Å². The van der Waals surface area contributed by atoms with Crippen molar-refractivity contribution in [2.75, 3.05) is 53.4 Å². The third kappa shape index (κ3) is 5.80. The second-order valence-electron chi connectivity index (χ2n) is 6.24. The lowest BCUT2D eigenvalue weighted by molar-refractivity contribution is 0.134. The van der Waals surface area contributed by atoms with Gasteiger partial charge in [0.05, 0.1) is 0 Å². The summed E-state index contributed by atoms with van der Waals surface area (Å²) in [7, 11) is 4.05. The van der Waals surface area contributed by atoms with E-state index in [1.807, 2.05) is 31.1 Å². The van der Waals surface area contributed by atoms with Crippen molar-refractivity contribution in [3.63, 3.8) is 0 Å². The molecule has 1 aliphatic rings. The number of halogens is 1. The molecule has 2 amide bonds. The standard InChI is InChI=1S/C17H27FN4O/c1-20(2)9-5-8-19-17(23)22-12-10-21(11-13-22)14-15-6-3-4-7-16(15)18/h3-4,6-7H,5,8-14H2,1-2H3,(H,19,23). The molecule has 6 heteroatoms. The highest BCUT2D eigenvalue weighted by molar-refractivity contribution is 5.74. The zero-order chi connectivity index (χ0) is 16.7. The van der Waals surface area contributed by atoms with Gasteiger partial charge in [-0.25, -0.2) is 9.18 Å². The molecule has 0 radical (unpaired) electrons. The first-order valence-corrected chi connectivity index (χ1v) is 8.19. The van der Waals surface area contributed by atoms with E-state index in [0.717, 1.165) is 26.1 Å². The second-order valence-corrected chi connectivity index (χ2v) is 6.24. The molecule has 0 atom stereocenters. The number of nitrogens with one attached hydrogen (secondary N) is 1. The summed E-state index contributed by atoms with van der Waals surface area (Å²) in [6.45, 7) is 5.20. The number of nitrogens with zero attached hydrogens (tertiary/aromatic N) is 3. The van der Waals surface area contributed by atoms with E-state index in [4.69, 9.17) is 0 Å². The molecule has 1 fully saturated rings. The third-order valence-corrected chi connectivity index (χ3v) is 4.07. The summed E-state index contributed by atoms with van der Waals surface area (Å²) in [6, 6.07) is 6.88. The molecule has 1 saturated heterocycles. The van der Waals surface area contributed by atoms with Crippen LogP contribution in [-0.4, -0.2) is 74.1 Å². The highest BCUT2D eigenvalue weighted by atomic mass is 19.1. The fourth-order valence-corrected chi connectivity index (χ4v) is 2.68. The van der Waals surface area contributed by atoms with E-state index in [1.54, 1.807) is 6.07 Å². The SMILES string of the molecule is CN(C)CCCNC(=O)N1CCN(Cc2ccccc2F)CC1. The van der Waals surface area contributed by atoms with Crippen LogP contribution in [0.5, 0.6) is 0 Å². The zero-order valence-corrected chi connectivity index (χ0v) is 14.1. The summed E-state index contributed by atoms with van der Waals surface area (Å²) >= 11 is 0. The Morgan fingerprint density at radius 1 is 1.22 bits per heavy atom. The summed E-state index contributed by atoms with van der Waals surface area (Å²) in [6.07, 6.45) is 0.950. The van der Waals surface area contributed by atoms with Crippen LogP contribution in [0.25, 0.3) is 0 Å². The van der Waals surface area contributed by atoms with Gasteiger partial charge in [-0.05, 0) is 33.1 Å². The molecule has 2 rings (SSSR count). The Kier molecular flexibility index (Phi) is 6.80. The van der Waals surface area contributed by atoms with Gasteiger partial charge in [-0.1, -0.05) is 18.2 Å². The van der Waals surface area contributed by atoms with Crippen LogP contribution in [0.3, 0.4) is 0 Å². The van der Waals surface area contributed by atoms with E-state index in [1.165, 1.54) is 6.07 Å². The fraction of sp³-hybridized carbons (Fsp3) is 0.588. The van der Waals surface area contributed by atoms with Crippen LogP contribution in [0.2, 0.25) is 0 Å². The monoisotopic (exact) mass is 322 g/mol. The van der Waals surface area contributed by atoms with Crippen LogP contribution in [0.15, 0.2) is 24.3 Å². The molecule has 23 heavy (non-hydrogen) atoms. The average Bonchev–Trinajstić information content (AvgIpc) is 2.54. The Bertz CT molecular complexity index is 501. The Balaban J connectivity index is 1.69. The van der Waals surface area contributed by atoms with E-state index in [0.29, 0.717) is 31.7 Å². The molecular formula is C17H27FN4O. The van der Waals surface area contributed by atoms with Gasteiger partial charge in [-0.2, -0.15) is 0 Å². The van der Waals surface area contributed by atoms with E-state index in [9.17, 15) is 9.18 Å². The van der Waals surface area contributed by atoms with E-state index < -0.39 is 0 Å². The number of carbonyl (C=O) groups is 1. The van der Waals surface area contributed by atoms with Gasteiger partial charge < -0.3 is 15.1 Å². The van der Waals surface area contributed by atoms with Crippen molar-refractivity contribution in [2.24, 2.45) is 0 Å². The highest BCUT2D eigenvalue weighted by Gasteiger charge is 2.21. The molecule has 1 N–H and O–H groups in total. The molecule has 1 aromatic carbocycles. The first-order chi connectivity index (χ1) is 11.1. The normalized spacial score (nSPS) is 15.9. The quantitative estimate of drug-likeness (QED) is 0.809. The van der Waals surface area contributed by atoms with Crippen LogP contribution in [0, 0.1) is 5.82 Å². The van der Waals surface area contributed by atoms with Crippen LogP contribution in [-0.2, 0) is 6.54 Å². The molecule has 128 valence electrons. The van der Waals surface area contributed by atoms with Gasteiger partial charge in [0.15, 0.2) is 0 Å². The maximum absolute atomic E-state index is 13.7. The van der Waals surface area contributed by atoms with Crippen molar-refractivity contribution in [1.29, 1.82) is 0 Å². The number of rotatable bonds is 6. The van der Waals surface area contributed by atoms with Crippen LogP contribution < -0.4 is 5.32 Å². The average molecular weight is 322 g/mol. The molecule has 0 aromatic heterocycles. The van der Waals surface area contributed by atoms with Crippen molar-refractivity contribution in [3.05, 3.63) is 35.6 Å². The molecule has 0 aliphatic carbocycles. The molecule has 1 aromatic rings. The number of piperazine rings is 1. The minimum absolute atomic E-state index is 0.00861. The third-order valence-electron chi connectivity index (χ3n) is 4.07. The van der Waals surface area contributed by atoms with Gasteiger partial charge in [0.25, 0.3) is 0 Å². The zero-order valence-electron chi connectivity index (χ0n) is 14.1. The largest absolute Gasteiger partial charge is 0.338 e. The molecule has 0 saturated carbocycles. The molecular weight excluding hydrogens is 295 g/mol. The molecule has 1 aliphatic heterocycles. The summed E-state index contributed by atoms with van der Waals surface area (Å²) in [5.74, 6) is -0.159. The maximum atomic E-state index is 13.7. The number of hydrogen-bond donors (Lipinski definition) is 1. The molecule has 0 spiro atoms. The Morgan fingerprint density at radius 3 is 2.57 bits per heavy atom. The van der Waals surface area contributed by atoms with Gasteiger partial charge in [-0.3, -0.25) is 4.90 Å². The summed E-state index contributed by atoms with van der Waals surface area (Å²) in [4.78, 5) is 18.2. The summed E-state index contributed by atoms with van der Waals surface area (Å²) in [5, 5.41) is 2.96. The fourth-order valence-electron chi connectivity index (χ4n) is 2.68. The Labute approximate surface area is 138 Å². The summed E-state index contributed by atoms with van der Waals surface area (Å²) in [5.41, 5.74) is 0.717. The molecule has 1 heterocycles.